The Morgan fingerprint density at radius 1 is 1.33 bits per heavy atom. The average Bonchev–Trinajstić information content (AvgIpc) is 2.78. The minimum absolute atomic E-state index is 0.244. The molecule has 0 unspecified atom stereocenters. The predicted octanol–water partition coefficient (Wildman–Crippen LogP) is 2.02. The Bertz CT molecular complexity index is 840. The van der Waals surface area contributed by atoms with E-state index in [-0.39, 0.29) is 5.95 Å². The molecule has 1 fully saturated rings. The Balaban J connectivity index is 1.95. The van der Waals surface area contributed by atoms with Gasteiger partial charge in [-0.1, -0.05) is 17.7 Å². The second-order valence-electron chi connectivity index (χ2n) is 5.19. The maximum atomic E-state index is 6.20. The van der Waals surface area contributed by atoms with Crippen molar-refractivity contribution in [2.75, 3.05) is 30.8 Å². The highest BCUT2D eigenvalue weighted by molar-refractivity contribution is 6.35. The standard InChI is InChI=1S/C14H14ClN5O/c1-17-7-5-20(6-7)13-12-10(18-14(16)19-13)8-3-2-4-9(15)11(8)21-12/h2-4,7,17H,5-6H2,1H3,(H2,16,18,19). The van der Waals surface area contributed by atoms with Crippen LogP contribution in [0.5, 0.6) is 0 Å². The second kappa shape index (κ2) is 4.47. The maximum Gasteiger partial charge on any atom is 0.222 e. The topological polar surface area (TPSA) is 80.2 Å². The molecule has 0 aliphatic carbocycles. The highest BCUT2D eigenvalue weighted by atomic mass is 35.5. The van der Waals surface area contributed by atoms with Crippen molar-refractivity contribution in [1.82, 2.24) is 15.3 Å². The summed E-state index contributed by atoms with van der Waals surface area (Å²) in [7, 11) is 1.95. The van der Waals surface area contributed by atoms with Gasteiger partial charge in [-0.05, 0) is 19.2 Å². The number of aromatic nitrogens is 2. The quantitative estimate of drug-likeness (QED) is 0.754. The van der Waals surface area contributed by atoms with Crippen molar-refractivity contribution >= 4 is 45.4 Å². The first-order valence-corrected chi connectivity index (χ1v) is 7.11. The normalized spacial score (nSPS) is 15.8. The average molecular weight is 304 g/mol. The molecule has 3 N–H and O–H groups in total. The summed E-state index contributed by atoms with van der Waals surface area (Å²) in [4.78, 5) is 10.8. The van der Waals surface area contributed by atoms with Crippen molar-refractivity contribution in [1.29, 1.82) is 0 Å². The summed E-state index contributed by atoms with van der Waals surface area (Å²) in [6, 6.07) is 6.06. The zero-order valence-electron chi connectivity index (χ0n) is 11.4. The fraction of sp³-hybridized carbons (Fsp3) is 0.286. The van der Waals surface area contributed by atoms with Gasteiger partial charge in [-0.2, -0.15) is 4.98 Å². The number of rotatable bonds is 2. The number of anilines is 2. The van der Waals surface area contributed by atoms with Crippen LogP contribution in [0.2, 0.25) is 5.02 Å². The van der Waals surface area contributed by atoms with Gasteiger partial charge in [0, 0.05) is 24.5 Å². The predicted molar refractivity (Wildman–Crippen MR) is 83.8 cm³/mol. The van der Waals surface area contributed by atoms with E-state index in [1.165, 1.54) is 0 Å². The molecule has 7 heteroatoms. The van der Waals surface area contributed by atoms with Crippen LogP contribution in [-0.4, -0.2) is 36.1 Å². The van der Waals surface area contributed by atoms with Gasteiger partial charge < -0.3 is 20.4 Å². The zero-order valence-corrected chi connectivity index (χ0v) is 12.2. The molecule has 1 aliphatic heterocycles. The number of furan rings is 1. The van der Waals surface area contributed by atoms with E-state index in [0.717, 1.165) is 24.3 Å². The Labute approximate surface area is 125 Å². The first-order chi connectivity index (χ1) is 10.2. The highest BCUT2D eigenvalue weighted by Crippen LogP contribution is 2.37. The van der Waals surface area contributed by atoms with Crippen molar-refractivity contribution in [3.8, 4) is 0 Å². The molecule has 1 aliphatic rings. The third-order valence-electron chi connectivity index (χ3n) is 3.88. The van der Waals surface area contributed by atoms with Gasteiger partial charge in [-0.25, -0.2) is 4.98 Å². The third kappa shape index (κ3) is 1.83. The van der Waals surface area contributed by atoms with Crippen molar-refractivity contribution in [3.63, 3.8) is 0 Å². The van der Waals surface area contributed by atoms with E-state index < -0.39 is 0 Å². The summed E-state index contributed by atoms with van der Waals surface area (Å²) < 4.78 is 5.92. The van der Waals surface area contributed by atoms with E-state index in [9.17, 15) is 0 Å². The molecule has 0 spiro atoms. The number of nitrogens with two attached hydrogens (primary N) is 1. The van der Waals surface area contributed by atoms with E-state index in [1.807, 2.05) is 19.2 Å². The molecule has 0 amide bonds. The van der Waals surface area contributed by atoms with E-state index in [2.05, 4.69) is 20.2 Å². The molecule has 0 radical (unpaired) electrons. The smallest absolute Gasteiger partial charge is 0.222 e. The number of likely N-dealkylation sites (N-methyl/N-ethyl adjacent to an activating group) is 1. The Hall–Kier alpha value is -2.05. The third-order valence-corrected chi connectivity index (χ3v) is 4.18. The molecule has 0 bridgehead atoms. The lowest BCUT2D eigenvalue weighted by Gasteiger charge is -2.39. The second-order valence-corrected chi connectivity index (χ2v) is 5.60. The molecule has 2 aromatic heterocycles. The number of halogens is 1. The summed E-state index contributed by atoms with van der Waals surface area (Å²) in [6.07, 6.45) is 0. The fourth-order valence-corrected chi connectivity index (χ4v) is 2.89. The molecule has 6 nitrogen and oxygen atoms in total. The van der Waals surface area contributed by atoms with Crippen molar-refractivity contribution in [3.05, 3.63) is 23.2 Å². The van der Waals surface area contributed by atoms with Crippen molar-refractivity contribution in [2.24, 2.45) is 0 Å². The van der Waals surface area contributed by atoms with Gasteiger partial charge in [-0.3, -0.25) is 0 Å². The van der Waals surface area contributed by atoms with Gasteiger partial charge in [0.15, 0.2) is 17.0 Å². The van der Waals surface area contributed by atoms with Gasteiger partial charge in [0.05, 0.1) is 5.02 Å². The lowest BCUT2D eigenvalue weighted by atomic mass is 10.1. The van der Waals surface area contributed by atoms with E-state index >= 15 is 0 Å². The SMILES string of the molecule is CNC1CN(c2nc(N)nc3c2oc2c(Cl)cccc23)C1. The maximum absolute atomic E-state index is 6.20. The number of para-hydroxylation sites is 1. The summed E-state index contributed by atoms with van der Waals surface area (Å²) in [5, 5.41) is 4.65. The van der Waals surface area contributed by atoms with Crippen LogP contribution in [0.25, 0.3) is 22.1 Å². The summed E-state index contributed by atoms with van der Waals surface area (Å²) in [5.41, 5.74) is 7.84. The number of nitrogen functional groups attached to an aromatic ring is 1. The summed E-state index contributed by atoms with van der Waals surface area (Å²) in [6.45, 7) is 1.74. The van der Waals surface area contributed by atoms with Crippen LogP contribution in [-0.2, 0) is 0 Å². The molecule has 3 aromatic rings. The number of benzene rings is 1. The number of nitrogens with zero attached hydrogens (tertiary/aromatic N) is 3. The summed E-state index contributed by atoms with van der Waals surface area (Å²) >= 11 is 6.20. The van der Waals surface area contributed by atoms with Crippen LogP contribution in [0.15, 0.2) is 22.6 Å². The van der Waals surface area contributed by atoms with Crippen molar-refractivity contribution < 1.29 is 4.42 Å². The lowest BCUT2D eigenvalue weighted by Crippen LogP contribution is -2.57. The zero-order chi connectivity index (χ0) is 14.6. The number of hydrogen-bond acceptors (Lipinski definition) is 6. The first-order valence-electron chi connectivity index (χ1n) is 6.74. The molecule has 0 atom stereocenters. The van der Waals surface area contributed by atoms with Crippen LogP contribution in [0, 0.1) is 0 Å². The molecule has 21 heavy (non-hydrogen) atoms. The van der Waals surface area contributed by atoms with Crippen molar-refractivity contribution in [2.45, 2.75) is 6.04 Å². The highest BCUT2D eigenvalue weighted by Gasteiger charge is 2.30. The van der Waals surface area contributed by atoms with Gasteiger partial charge in [0.25, 0.3) is 0 Å². The molecule has 4 rings (SSSR count). The largest absolute Gasteiger partial charge is 0.449 e. The van der Waals surface area contributed by atoms with Gasteiger partial charge in [-0.15, -0.1) is 0 Å². The first kappa shape index (κ1) is 12.7. The molecular formula is C14H14ClN5O. The number of fused-ring (bicyclic) bond motifs is 3. The van der Waals surface area contributed by atoms with Crippen LogP contribution in [0.1, 0.15) is 0 Å². The van der Waals surface area contributed by atoms with Gasteiger partial charge in [0.2, 0.25) is 5.95 Å². The molecule has 108 valence electrons. The molecule has 1 saturated heterocycles. The number of nitrogens with one attached hydrogen (secondary N) is 1. The van der Waals surface area contributed by atoms with E-state index in [1.54, 1.807) is 6.07 Å². The minimum atomic E-state index is 0.244. The van der Waals surface area contributed by atoms with Gasteiger partial charge >= 0.3 is 0 Å². The minimum Gasteiger partial charge on any atom is -0.449 e. The summed E-state index contributed by atoms with van der Waals surface area (Å²) in [5.74, 6) is 0.976. The Morgan fingerprint density at radius 2 is 2.14 bits per heavy atom. The monoisotopic (exact) mass is 303 g/mol. The molecule has 1 aromatic carbocycles. The Kier molecular flexibility index (Phi) is 2.70. The number of hydrogen-bond donors (Lipinski definition) is 2. The van der Waals surface area contributed by atoms with Gasteiger partial charge in [0.1, 0.15) is 5.52 Å². The lowest BCUT2D eigenvalue weighted by molar-refractivity contribution is 0.446. The fourth-order valence-electron chi connectivity index (χ4n) is 2.68. The van der Waals surface area contributed by atoms with E-state index in [0.29, 0.717) is 27.7 Å². The van der Waals surface area contributed by atoms with Crippen LogP contribution < -0.4 is 16.0 Å². The molecule has 3 heterocycles. The van der Waals surface area contributed by atoms with Crippen LogP contribution in [0.3, 0.4) is 0 Å². The molecular weight excluding hydrogens is 290 g/mol. The van der Waals surface area contributed by atoms with E-state index in [4.69, 9.17) is 21.8 Å². The molecule has 0 saturated carbocycles. The van der Waals surface area contributed by atoms with Crippen LogP contribution >= 0.6 is 11.6 Å². The Morgan fingerprint density at radius 3 is 2.90 bits per heavy atom. The van der Waals surface area contributed by atoms with Crippen LogP contribution in [0.4, 0.5) is 11.8 Å².